The SMILES string of the molecule is Cc1oc(CNC2CC2)cc1S(=O)(=O)N(C)C1CCCC1. The number of hydrogen-bond acceptors (Lipinski definition) is 4. The average Bonchev–Trinajstić information content (AvgIpc) is 2.97. The number of sulfonamides is 1. The minimum Gasteiger partial charge on any atom is -0.464 e. The van der Waals surface area contributed by atoms with Crippen LogP contribution in [0.1, 0.15) is 50.0 Å². The van der Waals surface area contributed by atoms with E-state index in [2.05, 4.69) is 5.32 Å². The van der Waals surface area contributed by atoms with Gasteiger partial charge in [-0.2, -0.15) is 4.31 Å². The van der Waals surface area contributed by atoms with Crippen molar-refractivity contribution in [1.82, 2.24) is 9.62 Å². The van der Waals surface area contributed by atoms with Crippen LogP contribution in [0.25, 0.3) is 0 Å². The van der Waals surface area contributed by atoms with Crippen molar-refractivity contribution in [2.24, 2.45) is 0 Å². The van der Waals surface area contributed by atoms with Crippen LogP contribution in [-0.4, -0.2) is 31.9 Å². The minimum absolute atomic E-state index is 0.136. The molecular formula is C15H24N2O3S. The molecule has 1 heterocycles. The smallest absolute Gasteiger partial charge is 0.246 e. The summed E-state index contributed by atoms with van der Waals surface area (Å²) < 4.78 is 32.7. The van der Waals surface area contributed by atoms with Crippen molar-refractivity contribution >= 4 is 10.0 Å². The van der Waals surface area contributed by atoms with Crippen LogP contribution < -0.4 is 5.32 Å². The molecule has 0 aliphatic heterocycles. The van der Waals surface area contributed by atoms with Gasteiger partial charge in [-0.3, -0.25) is 0 Å². The zero-order valence-electron chi connectivity index (χ0n) is 12.8. The van der Waals surface area contributed by atoms with Crippen LogP contribution in [0.15, 0.2) is 15.4 Å². The molecule has 2 saturated carbocycles. The first-order chi connectivity index (χ1) is 9.98. The molecule has 5 nitrogen and oxygen atoms in total. The molecule has 0 atom stereocenters. The second-order valence-electron chi connectivity index (χ2n) is 6.25. The van der Waals surface area contributed by atoms with Crippen molar-refractivity contribution < 1.29 is 12.8 Å². The van der Waals surface area contributed by atoms with E-state index >= 15 is 0 Å². The highest BCUT2D eigenvalue weighted by atomic mass is 32.2. The van der Waals surface area contributed by atoms with Gasteiger partial charge in [-0.05, 0) is 32.6 Å². The molecule has 21 heavy (non-hydrogen) atoms. The van der Waals surface area contributed by atoms with Gasteiger partial charge >= 0.3 is 0 Å². The number of rotatable bonds is 6. The molecule has 118 valence electrons. The maximum absolute atomic E-state index is 12.7. The lowest BCUT2D eigenvalue weighted by Crippen LogP contribution is -2.35. The molecule has 2 fully saturated rings. The first-order valence-corrected chi connectivity index (χ1v) is 9.23. The first kappa shape index (κ1) is 15.1. The Bertz CT molecular complexity index is 598. The van der Waals surface area contributed by atoms with E-state index in [9.17, 15) is 8.42 Å². The zero-order chi connectivity index (χ0) is 15.0. The Balaban J connectivity index is 1.76. The molecular weight excluding hydrogens is 288 g/mol. The van der Waals surface area contributed by atoms with Gasteiger partial charge in [-0.25, -0.2) is 8.42 Å². The van der Waals surface area contributed by atoms with Gasteiger partial charge in [0.1, 0.15) is 16.4 Å². The predicted octanol–water partition coefficient (Wildman–Crippen LogP) is 2.40. The van der Waals surface area contributed by atoms with Crippen LogP contribution in [-0.2, 0) is 16.6 Å². The van der Waals surface area contributed by atoms with E-state index < -0.39 is 10.0 Å². The summed E-state index contributed by atoms with van der Waals surface area (Å²) in [6.45, 7) is 2.34. The Morgan fingerprint density at radius 2 is 1.95 bits per heavy atom. The maximum Gasteiger partial charge on any atom is 0.246 e. The predicted molar refractivity (Wildman–Crippen MR) is 80.5 cm³/mol. The molecule has 0 spiro atoms. The lowest BCUT2D eigenvalue weighted by Gasteiger charge is -2.23. The molecule has 0 amide bonds. The van der Waals surface area contributed by atoms with E-state index in [1.54, 1.807) is 20.0 Å². The van der Waals surface area contributed by atoms with Crippen LogP contribution in [0.3, 0.4) is 0 Å². The Kier molecular flexibility index (Phi) is 4.12. The lowest BCUT2D eigenvalue weighted by molar-refractivity contribution is 0.371. The number of hydrogen-bond donors (Lipinski definition) is 1. The summed E-state index contributed by atoms with van der Waals surface area (Å²) >= 11 is 0. The largest absolute Gasteiger partial charge is 0.464 e. The highest BCUT2D eigenvalue weighted by Gasteiger charge is 2.32. The third-order valence-electron chi connectivity index (χ3n) is 4.56. The van der Waals surface area contributed by atoms with Crippen molar-refractivity contribution in [2.45, 2.75) is 69.0 Å². The number of nitrogens with one attached hydrogen (secondary N) is 1. The number of nitrogens with zero attached hydrogens (tertiary/aromatic N) is 1. The fourth-order valence-electron chi connectivity index (χ4n) is 3.02. The van der Waals surface area contributed by atoms with Crippen LogP contribution in [0.5, 0.6) is 0 Å². The molecule has 0 bridgehead atoms. The quantitative estimate of drug-likeness (QED) is 0.876. The van der Waals surface area contributed by atoms with Crippen molar-refractivity contribution in [2.75, 3.05) is 7.05 Å². The van der Waals surface area contributed by atoms with Gasteiger partial charge in [0.15, 0.2) is 0 Å². The Morgan fingerprint density at radius 1 is 1.29 bits per heavy atom. The summed E-state index contributed by atoms with van der Waals surface area (Å²) in [4.78, 5) is 0.324. The monoisotopic (exact) mass is 312 g/mol. The van der Waals surface area contributed by atoms with E-state index in [0.29, 0.717) is 29.0 Å². The summed E-state index contributed by atoms with van der Waals surface area (Å²) in [6.07, 6.45) is 6.56. The van der Waals surface area contributed by atoms with Crippen molar-refractivity contribution in [3.8, 4) is 0 Å². The number of furan rings is 1. The van der Waals surface area contributed by atoms with Crippen molar-refractivity contribution in [1.29, 1.82) is 0 Å². The molecule has 0 radical (unpaired) electrons. The normalized spacial score (nSPS) is 20.5. The van der Waals surface area contributed by atoms with E-state index in [0.717, 1.165) is 25.7 Å². The van der Waals surface area contributed by atoms with E-state index in [4.69, 9.17) is 4.42 Å². The van der Waals surface area contributed by atoms with Gasteiger partial charge in [0, 0.05) is 25.2 Å². The first-order valence-electron chi connectivity index (χ1n) is 7.79. The molecule has 0 unspecified atom stereocenters. The van der Waals surface area contributed by atoms with Gasteiger partial charge < -0.3 is 9.73 Å². The fraction of sp³-hybridized carbons (Fsp3) is 0.733. The van der Waals surface area contributed by atoms with Crippen LogP contribution in [0.2, 0.25) is 0 Å². The van der Waals surface area contributed by atoms with Crippen LogP contribution in [0.4, 0.5) is 0 Å². The molecule has 2 aliphatic carbocycles. The standard InChI is InChI=1S/C15H24N2O3S/c1-11-15(9-14(20-11)10-16-12-7-8-12)21(18,19)17(2)13-5-3-4-6-13/h9,12-13,16H,3-8,10H2,1-2H3. The van der Waals surface area contributed by atoms with Gasteiger partial charge in [0.2, 0.25) is 10.0 Å². The summed E-state index contributed by atoms with van der Waals surface area (Å²) in [6, 6.07) is 2.40. The second-order valence-corrected chi connectivity index (χ2v) is 8.21. The highest BCUT2D eigenvalue weighted by Crippen LogP contribution is 2.30. The molecule has 2 aliphatic rings. The maximum atomic E-state index is 12.7. The summed E-state index contributed by atoms with van der Waals surface area (Å²) in [7, 11) is -1.75. The molecule has 0 aromatic carbocycles. The van der Waals surface area contributed by atoms with E-state index in [-0.39, 0.29) is 6.04 Å². The van der Waals surface area contributed by atoms with Crippen molar-refractivity contribution in [3.63, 3.8) is 0 Å². The Labute approximate surface area is 126 Å². The van der Waals surface area contributed by atoms with Gasteiger partial charge in [0.05, 0.1) is 6.54 Å². The Hall–Kier alpha value is -0.850. The topological polar surface area (TPSA) is 62.6 Å². The van der Waals surface area contributed by atoms with Gasteiger partial charge in [-0.1, -0.05) is 12.8 Å². The minimum atomic E-state index is -3.44. The number of aryl methyl sites for hydroxylation is 1. The fourth-order valence-corrected chi connectivity index (χ4v) is 4.62. The van der Waals surface area contributed by atoms with Gasteiger partial charge in [-0.15, -0.1) is 0 Å². The molecule has 3 rings (SSSR count). The second kappa shape index (κ2) is 5.74. The third kappa shape index (κ3) is 3.17. The van der Waals surface area contributed by atoms with Crippen LogP contribution >= 0.6 is 0 Å². The highest BCUT2D eigenvalue weighted by molar-refractivity contribution is 7.89. The molecule has 1 aromatic rings. The third-order valence-corrected chi connectivity index (χ3v) is 6.58. The summed E-state index contributed by atoms with van der Waals surface area (Å²) in [5.74, 6) is 1.20. The summed E-state index contributed by atoms with van der Waals surface area (Å²) in [5.41, 5.74) is 0. The average molecular weight is 312 g/mol. The van der Waals surface area contributed by atoms with Crippen molar-refractivity contribution in [3.05, 3.63) is 17.6 Å². The molecule has 1 aromatic heterocycles. The van der Waals surface area contributed by atoms with Crippen LogP contribution in [0, 0.1) is 6.92 Å². The zero-order valence-corrected chi connectivity index (χ0v) is 13.6. The van der Waals surface area contributed by atoms with Gasteiger partial charge in [0.25, 0.3) is 0 Å². The molecule has 6 heteroatoms. The Morgan fingerprint density at radius 3 is 2.57 bits per heavy atom. The molecule has 1 N–H and O–H groups in total. The summed E-state index contributed by atoms with van der Waals surface area (Å²) in [5, 5.41) is 3.35. The molecule has 0 saturated heterocycles. The lowest BCUT2D eigenvalue weighted by atomic mass is 10.3. The van der Waals surface area contributed by atoms with E-state index in [1.807, 2.05) is 0 Å². The van der Waals surface area contributed by atoms with E-state index in [1.165, 1.54) is 17.1 Å².